The summed E-state index contributed by atoms with van der Waals surface area (Å²) in [7, 11) is 0. The van der Waals surface area contributed by atoms with Gasteiger partial charge in [0.2, 0.25) is 0 Å². The van der Waals surface area contributed by atoms with Crippen LogP contribution >= 0.6 is 0 Å². The molecule has 0 bridgehead atoms. The highest BCUT2D eigenvalue weighted by atomic mass is 16.6. The molecule has 72 valence electrons. The largest absolute Gasteiger partial charge is 0.439 e. The third-order valence-electron chi connectivity index (χ3n) is 1.35. The van der Waals surface area contributed by atoms with Crippen molar-refractivity contribution in [2.75, 3.05) is 20.0 Å². The first-order valence-corrected chi connectivity index (χ1v) is 3.35. The van der Waals surface area contributed by atoms with Gasteiger partial charge in [-0.25, -0.2) is 0 Å². The van der Waals surface area contributed by atoms with Gasteiger partial charge in [0.05, 0.1) is 25.2 Å². The van der Waals surface area contributed by atoms with Crippen LogP contribution in [-0.4, -0.2) is 46.8 Å². The minimum absolute atomic E-state index is 0.333. The lowest BCUT2D eigenvalue weighted by atomic mass is 9.99. The first-order valence-electron chi connectivity index (χ1n) is 3.35. The Morgan fingerprint density at radius 2 is 1.83 bits per heavy atom. The van der Waals surface area contributed by atoms with Crippen LogP contribution in [0.1, 0.15) is 6.42 Å². The normalized spacial score (nSPS) is 11.3. The molecule has 0 saturated carbocycles. The summed E-state index contributed by atoms with van der Waals surface area (Å²) in [6, 6.07) is 0. The molecule has 0 spiro atoms. The smallest absolute Gasteiger partial charge is 0.309 e. The maximum Gasteiger partial charge on any atom is 0.309 e. The molecule has 0 atom stereocenters. The van der Waals surface area contributed by atoms with Crippen molar-refractivity contribution in [3.8, 4) is 0 Å². The van der Waals surface area contributed by atoms with Gasteiger partial charge >= 0.3 is 5.97 Å². The Bertz CT molecular complexity index is 145. The van der Waals surface area contributed by atoms with Crippen LogP contribution in [-0.2, 0) is 9.53 Å². The monoisotopic (exact) mass is 179 g/mol. The Hall–Kier alpha value is -0.690. The summed E-state index contributed by atoms with van der Waals surface area (Å²) in [5.74, 6) is -0.761. The van der Waals surface area contributed by atoms with Gasteiger partial charge < -0.3 is 25.8 Å². The predicted molar refractivity (Wildman–Crippen MR) is 38.9 cm³/mol. The zero-order valence-electron chi connectivity index (χ0n) is 6.56. The minimum Gasteiger partial charge on any atom is -0.439 e. The standard InChI is InChI=1S/C6H13NO5/c7-6(2-8,3-9)1-5(11)12-4-10/h8-10H,1-4,7H2. The van der Waals surface area contributed by atoms with E-state index in [1.165, 1.54) is 0 Å². The number of rotatable bonds is 5. The van der Waals surface area contributed by atoms with Crippen molar-refractivity contribution < 1.29 is 24.9 Å². The van der Waals surface area contributed by atoms with Gasteiger partial charge in [0.15, 0.2) is 6.79 Å². The highest BCUT2D eigenvalue weighted by molar-refractivity contribution is 5.70. The van der Waals surface area contributed by atoms with E-state index >= 15 is 0 Å². The quantitative estimate of drug-likeness (QED) is 0.275. The Morgan fingerprint density at radius 1 is 1.33 bits per heavy atom. The lowest BCUT2D eigenvalue weighted by Gasteiger charge is -2.22. The molecule has 0 radical (unpaired) electrons. The molecule has 0 aromatic heterocycles. The molecular formula is C6H13NO5. The molecule has 12 heavy (non-hydrogen) atoms. The van der Waals surface area contributed by atoms with E-state index in [-0.39, 0.29) is 6.42 Å². The van der Waals surface area contributed by atoms with Crippen molar-refractivity contribution in [2.24, 2.45) is 5.73 Å². The maximum atomic E-state index is 10.7. The molecule has 0 fully saturated rings. The molecule has 5 N–H and O–H groups in total. The fourth-order valence-corrected chi connectivity index (χ4v) is 0.572. The molecule has 0 saturated heterocycles. The number of hydrogen-bond acceptors (Lipinski definition) is 6. The number of aliphatic hydroxyl groups excluding tert-OH is 3. The predicted octanol–water partition coefficient (Wildman–Crippen LogP) is -2.45. The number of carbonyl (C=O) groups is 1. The summed E-state index contributed by atoms with van der Waals surface area (Å²) in [6.07, 6.45) is -0.333. The Morgan fingerprint density at radius 3 is 2.17 bits per heavy atom. The van der Waals surface area contributed by atoms with Crippen LogP contribution in [0.4, 0.5) is 0 Å². The number of hydrogen-bond donors (Lipinski definition) is 4. The summed E-state index contributed by atoms with van der Waals surface area (Å²) in [5, 5.41) is 25.5. The first kappa shape index (κ1) is 11.3. The summed E-state index contributed by atoms with van der Waals surface area (Å²) < 4.78 is 4.16. The molecule has 0 unspecified atom stereocenters. The van der Waals surface area contributed by atoms with Crippen molar-refractivity contribution in [3.05, 3.63) is 0 Å². The van der Waals surface area contributed by atoms with Gasteiger partial charge in [0.25, 0.3) is 0 Å². The lowest BCUT2D eigenvalue weighted by Crippen LogP contribution is -2.49. The molecular weight excluding hydrogens is 166 g/mol. The second-order valence-corrected chi connectivity index (χ2v) is 2.50. The maximum absolute atomic E-state index is 10.7. The van der Waals surface area contributed by atoms with Gasteiger partial charge in [-0.05, 0) is 0 Å². The lowest BCUT2D eigenvalue weighted by molar-refractivity contribution is -0.154. The Balaban J connectivity index is 3.93. The fraction of sp³-hybridized carbons (Fsp3) is 0.833. The molecule has 0 aliphatic heterocycles. The number of esters is 1. The average molecular weight is 179 g/mol. The van der Waals surface area contributed by atoms with Crippen LogP contribution in [0.3, 0.4) is 0 Å². The van der Waals surface area contributed by atoms with Crippen LogP contribution in [0.2, 0.25) is 0 Å². The summed E-state index contributed by atoms with van der Waals surface area (Å²) in [4.78, 5) is 10.7. The van der Waals surface area contributed by atoms with Crippen molar-refractivity contribution >= 4 is 5.97 Å². The molecule has 0 rings (SSSR count). The minimum atomic E-state index is -1.37. The van der Waals surface area contributed by atoms with Crippen LogP contribution in [0.15, 0.2) is 0 Å². The topological polar surface area (TPSA) is 113 Å². The summed E-state index contributed by atoms with van der Waals surface area (Å²) in [6.45, 7) is -1.78. The van der Waals surface area contributed by atoms with Gasteiger partial charge in [-0.15, -0.1) is 0 Å². The second kappa shape index (κ2) is 5.04. The summed E-state index contributed by atoms with van der Waals surface area (Å²) in [5.41, 5.74) is 3.98. The van der Waals surface area contributed by atoms with Crippen LogP contribution in [0.5, 0.6) is 0 Å². The van der Waals surface area contributed by atoms with E-state index in [0.29, 0.717) is 0 Å². The average Bonchev–Trinajstić information content (AvgIpc) is 2.05. The fourth-order valence-electron chi connectivity index (χ4n) is 0.572. The highest BCUT2D eigenvalue weighted by Crippen LogP contribution is 2.05. The second-order valence-electron chi connectivity index (χ2n) is 2.50. The van der Waals surface area contributed by atoms with E-state index in [2.05, 4.69) is 4.74 Å². The van der Waals surface area contributed by atoms with Crippen molar-refractivity contribution in [2.45, 2.75) is 12.0 Å². The Kier molecular flexibility index (Phi) is 4.75. The van der Waals surface area contributed by atoms with Gasteiger partial charge in [-0.3, -0.25) is 4.79 Å². The van der Waals surface area contributed by atoms with Crippen molar-refractivity contribution in [1.82, 2.24) is 0 Å². The first-order chi connectivity index (χ1) is 5.58. The van der Waals surface area contributed by atoms with E-state index in [1.807, 2.05) is 0 Å². The summed E-state index contributed by atoms with van der Waals surface area (Å²) >= 11 is 0. The van der Waals surface area contributed by atoms with Crippen LogP contribution in [0, 0.1) is 0 Å². The molecule has 0 aliphatic carbocycles. The van der Waals surface area contributed by atoms with E-state index in [0.717, 1.165) is 0 Å². The molecule has 6 heteroatoms. The van der Waals surface area contributed by atoms with Crippen LogP contribution in [0.25, 0.3) is 0 Å². The van der Waals surface area contributed by atoms with Crippen molar-refractivity contribution in [1.29, 1.82) is 0 Å². The number of carbonyl (C=O) groups excluding carboxylic acids is 1. The third kappa shape index (κ3) is 3.63. The number of ether oxygens (including phenoxy) is 1. The van der Waals surface area contributed by atoms with E-state index in [1.54, 1.807) is 0 Å². The van der Waals surface area contributed by atoms with E-state index < -0.39 is 31.5 Å². The molecule has 0 aromatic carbocycles. The number of aliphatic hydroxyl groups is 3. The SMILES string of the molecule is NC(CO)(CO)CC(=O)OCO. The van der Waals surface area contributed by atoms with E-state index in [9.17, 15) is 4.79 Å². The molecule has 0 aromatic rings. The van der Waals surface area contributed by atoms with Gasteiger partial charge in [0.1, 0.15) is 0 Å². The zero-order chi connectivity index (χ0) is 9.61. The van der Waals surface area contributed by atoms with Crippen LogP contribution < -0.4 is 5.73 Å². The van der Waals surface area contributed by atoms with Crippen molar-refractivity contribution in [3.63, 3.8) is 0 Å². The Labute approximate surface area is 69.6 Å². The number of nitrogens with two attached hydrogens (primary N) is 1. The molecule has 6 nitrogen and oxygen atoms in total. The van der Waals surface area contributed by atoms with E-state index in [4.69, 9.17) is 21.1 Å². The van der Waals surface area contributed by atoms with Gasteiger partial charge in [0, 0.05) is 0 Å². The van der Waals surface area contributed by atoms with Gasteiger partial charge in [-0.2, -0.15) is 0 Å². The highest BCUT2D eigenvalue weighted by Gasteiger charge is 2.27. The zero-order valence-corrected chi connectivity index (χ0v) is 6.56. The molecule has 0 aliphatic rings. The molecule has 0 amide bonds. The third-order valence-corrected chi connectivity index (χ3v) is 1.35. The van der Waals surface area contributed by atoms with Gasteiger partial charge in [-0.1, -0.05) is 0 Å². The molecule has 0 heterocycles.